The Kier molecular flexibility index (Phi) is 8.55. The molecule has 7 nitrogen and oxygen atoms in total. The average molecular weight is 465 g/mol. The van der Waals surface area contributed by atoms with E-state index >= 15 is 0 Å². The Balaban J connectivity index is 1.39. The molecule has 1 saturated heterocycles. The Hall–Kier alpha value is -2.90. The molecular formula is C27H36N4O3. The second-order valence-electron chi connectivity index (χ2n) is 9.10. The van der Waals surface area contributed by atoms with Gasteiger partial charge < -0.3 is 9.64 Å². The number of nitrogens with zero attached hydrogens (tertiary/aromatic N) is 2. The van der Waals surface area contributed by atoms with Gasteiger partial charge in [-0.1, -0.05) is 31.5 Å². The Morgan fingerprint density at radius 3 is 2.59 bits per heavy atom. The number of hydrogen-bond acceptors (Lipinski definition) is 5. The number of carbonyl (C=O) groups excluding carboxylic acids is 2. The summed E-state index contributed by atoms with van der Waals surface area (Å²) in [6, 6.07) is 13.5. The van der Waals surface area contributed by atoms with E-state index in [9.17, 15) is 9.59 Å². The Morgan fingerprint density at radius 2 is 1.82 bits per heavy atom. The molecule has 4 rings (SSSR count). The fourth-order valence-corrected chi connectivity index (χ4v) is 4.54. The molecule has 2 amide bonds. The SMILES string of the molecule is CCCNNC(=O)c1ccc(CN2C(=O)CCc3ccc(OCCN4CCCCC4)cc32)cc1. The van der Waals surface area contributed by atoms with Crippen molar-refractivity contribution in [3.63, 3.8) is 0 Å². The Labute approximate surface area is 202 Å². The molecule has 34 heavy (non-hydrogen) atoms. The third-order valence-electron chi connectivity index (χ3n) is 6.52. The van der Waals surface area contributed by atoms with E-state index in [0.717, 1.165) is 56.0 Å². The molecule has 7 heteroatoms. The topological polar surface area (TPSA) is 73.9 Å². The summed E-state index contributed by atoms with van der Waals surface area (Å²) in [6.45, 7) is 7.15. The summed E-state index contributed by atoms with van der Waals surface area (Å²) < 4.78 is 6.06. The molecule has 0 unspecified atom stereocenters. The third kappa shape index (κ3) is 6.36. The van der Waals surface area contributed by atoms with Crippen molar-refractivity contribution in [2.24, 2.45) is 0 Å². The smallest absolute Gasteiger partial charge is 0.265 e. The number of hydrazine groups is 1. The van der Waals surface area contributed by atoms with Crippen molar-refractivity contribution in [1.82, 2.24) is 15.8 Å². The van der Waals surface area contributed by atoms with Crippen LogP contribution in [0, 0.1) is 0 Å². The zero-order valence-corrected chi connectivity index (χ0v) is 20.1. The second kappa shape index (κ2) is 12.0. The van der Waals surface area contributed by atoms with E-state index in [0.29, 0.717) is 25.1 Å². The molecule has 2 aromatic carbocycles. The number of likely N-dealkylation sites (tertiary alicyclic amines) is 1. The number of benzene rings is 2. The lowest BCUT2D eigenvalue weighted by Gasteiger charge is -2.30. The molecule has 0 aromatic heterocycles. The molecule has 0 aliphatic carbocycles. The Bertz CT molecular complexity index is 970. The summed E-state index contributed by atoms with van der Waals surface area (Å²) in [5.74, 6) is 0.761. The number of fused-ring (bicyclic) bond motifs is 1. The molecule has 0 radical (unpaired) electrons. The first-order chi connectivity index (χ1) is 16.6. The summed E-state index contributed by atoms with van der Waals surface area (Å²) in [5, 5.41) is 0. The molecule has 2 N–H and O–H groups in total. The number of anilines is 1. The van der Waals surface area contributed by atoms with Gasteiger partial charge in [0.25, 0.3) is 5.91 Å². The van der Waals surface area contributed by atoms with Crippen molar-refractivity contribution in [3.8, 4) is 5.75 Å². The monoisotopic (exact) mass is 464 g/mol. The number of aryl methyl sites for hydroxylation is 1. The molecule has 2 heterocycles. The minimum absolute atomic E-state index is 0.114. The van der Waals surface area contributed by atoms with Crippen molar-refractivity contribution in [2.45, 2.75) is 52.0 Å². The van der Waals surface area contributed by atoms with Gasteiger partial charge in [-0.3, -0.25) is 19.9 Å². The zero-order valence-electron chi connectivity index (χ0n) is 20.1. The molecule has 2 aliphatic heterocycles. The van der Waals surface area contributed by atoms with Crippen LogP contribution in [0.15, 0.2) is 42.5 Å². The maximum Gasteiger partial charge on any atom is 0.265 e. The van der Waals surface area contributed by atoms with E-state index < -0.39 is 0 Å². The van der Waals surface area contributed by atoms with Crippen LogP contribution in [0.5, 0.6) is 5.75 Å². The lowest BCUT2D eigenvalue weighted by molar-refractivity contribution is -0.119. The van der Waals surface area contributed by atoms with Gasteiger partial charge in [-0.25, -0.2) is 5.43 Å². The lowest BCUT2D eigenvalue weighted by Crippen LogP contribution is -2.37. The predicted octanol–water partition coefficient (Wildman–Crippen LogP) is 3.68. The van der Waals surface area contributed by atoms with Crippen molar-refractivity contribution in [3.05, 3.63) is 59.2 Å². The van der Waals surface area contributed by atoms with Gasteiger partial charge >= 0.3 is 0 Å². The summed E-state index contributed by atoms with van der Waals surface area (Å²) in [4.78, 5) is 29.3. The Morgan fingerprint density at radius 1 is 1.03 bits per heavy atom. The number of carbonyl (C=O) groups is 2. The molecule has 0 atom stereocenters. The highest BCUT2D eigenvalue weighted by Crippen LogP contribution is 2.33. The highest BCUT2D eigenvalue weighted by atomic mass is 16.5. The van der Waals surface area contributed by atoms with Gasteiger partial charge in [0.1, 0.15) is 12.4 Å². The fourth-order valence-electron chi connectivity index (χ4n) is 4.54. The van der Waals surface area contributed by atoms with Crippen LogP contribution in [-0.4, -0.2) is 49.5 Å². The maximum absolute atomic E-state index is 12.8. The van der Waals surface area contributed by atoms with Gasteiger partial charge in [0.05, 0.1) is 12.2 Å². The fraction of sp³-hybridized carbons (Fsp3) is 0.481. The molecule has 0 spiro atoms. The molecule has 0 bridgehead atoms. The van der Waals surface area contributed by atoms with E-state index in [1.165, 1.54) is 24.8 Å². The molecule has 2 aromatic rings. The van der Waals surface area contributed by atoms with Crippen LogP contribution in [0.2, 0.25) is 0 Å². The maximum atomic E-state index is 12.8. The van der Waals surface area contributed by atoms with Crippen LogP contribution in [0.4, 0.5) is 5.69 Å². The lowest BCUT2D eigenvalue weighted by atomic mass is 10.00. The predicted molar refractivity (Wildman–Crippen MR) is 134 cm³/mol. The summed E-state index contributed by atoms with van der Waals surface area (Å²) in [5.41, 5.74) is 9.26. The first kappa shape index (κ1) is 24.2. The van der Waals surface area contributed by atoms with E-state index in [1.54, 1.807) is 12.1 Å². The highest BCUT2D eigenvalue weighted by molar-refractivity contribution is 5.97. The second-order valence-corrected chi connectivity index (χ2v) is 9.10. The standard InChI is InChI=1S/C27H36N4O3/c1-2-14-28-29-27(33)23-8-6-21(7-9-23)20-31-25-19-24(12-10-22(25)11-13-26(31)32)34-18-17-30-15-4-3-5-16-30/h6-10,12,19,28H,2-5,11,13-18,20H2,1H3,(H,29,33). The van der Waals surface area contributed by atoms with Crippen LogP contribution < -0.4 is 20.5 Å². The number of amides is 2. The van der Waals surface area contributed by atoms with E-state index in [1.807, 2.05) is 36.1 Å². The van der Waals surface area contributed by atoms with E-state index in [2.05, 4.69) is 21.8 Å². The number of ether oxygens (including phenoxy) is 1. The number of rotatable bonds is 10. The van der Waals surface area contributed by atoms with Crippen LogP contribution in [0.25, 0.3) is 0 Å². The van der Waals surface area contributed by atoms with Crippen molar-refractivity contribution >= 4 is 17.5 Å². The van der Waals surface area contributed by atoms with Crippen molar-refractivity contribution < 1.29 is 14.3 Å². The minimum Gasteiger partial charge on any atom is -0.492 e. The van der Waals surface area contributed by atoms with E-state index in [-0.39, 0.29) is 11.8 Å². The summed E-state index contributed by atoms with van der Waals surface area (Å²) >= 11 is 0. The van der Waals surface area contributed by atoms with Gasteiger partial charge in [-0.15, -0.1) is 0 Å². The number of hydrogen-bond donors (Lipinski definition) is 2. The van der Waals surface area contributed by atoms with Crippen molar-refractivity contribution in [1.29, 1.82) is 0 Å². The first-order valence-electron chi connectivity index (χ1n) is 12.5. The number of piperidine rings is 1. The van der Waals surface area contributed by atoms with Gasteiger partial charge in [0, 0.05) is 31.1 Å². The number of nitrogens with one attached hydrogen (secondary N) is 2. The van der Waals surface area contributed by atoms with Gasteiger partial charge in [-0.05, 0) is 68.1 Å². The van der Waals surface area contributed by atoms with Gasteiger partial charge in [0.2, 0.25) is 5.91 Å². The first-order valence-corrected chi connectivity index (χ1v) is 12.5. The normalized spacial score (nSPS) is 16.3. The van der Waals surface area contributed by atoms with E-state index in [4.69, 9.17) is 4.74 Å². The molecule has 1 fully saturated rings. The highest BCUT2D eigenvalue weighted by Gasteiger charge is 2.25. The van der Waals surface area contributed by atoms with Crippen molar-refractivity contribution in [2.75, 3.05) is 37.7 Å². The van der Waals surface area contributed by atoms with Crippen LogP contribution in [-0.2, 0) is 17.8 Å². The van der Waals surface area contributed by atoms with Gasteiger partial charge in [0.15, 0.2) is 0 Å². The van der Waals surface area contributed by atoms with Crippen LogP contribution in [0.1, 0.15) is 60.5 Å². The minimum atomic E-state index is -0.161. The largest absolute Gasteiger partial charge is 0.492 e. The quantitative estimate of drug-likeness (QED) is 0.415. The average Bonchev–Trinajstić information content (AvgIpc) is 2.87. The third-order valence-corrected chi connectivity index (χ3v) is 6.52. The van der Waals surface area contributed by atoms with Crippen LogP contribution in [0.3, 0.4) is 0 Å². The molecule has 182 valence electrons. The summed E-state index contributed by atoms with van der Waals surface area (Å²) in [6.07, 6.45) is 6.08. The molecule has 0 saturated carbocycles. The summed E-state index contributed by atoms with van der Waals surface area (Å²) in [7, 11) is 0. The molecule has 2 aliphatic rings. The zero-order chi connectivity index (χ0) is 23.8. The van der Waals surface area contributed by atoms with Gasteiger partial charge in [-0.2, -0.15) is 0 Å². The van der Waals surface area contributed by atoms with Crippen LogP contribution >= 0.6 is 0 Å². The molecular weight excluding hydrogens is 428 g/mol.